The van der Waals surface area contributed by atoms with E-state index in [0.717, 1.165) is 6.42 Å². The molecule has 0 aliphatic rings. The molecule has 0 radical (unpaired) electrons. The second-order valence-corrected chi connectivity index (χ2v) is 5.02. The Bertz CT molecular complexity index is 730. The van der Waals surface area contributed by atoms with Crippen molar-refractivity contribution in [3.05, 3.63) is 56.0 Å². The summed E-state index contributed by atoms with van der Waals surface area (Å²) in [7, 11) is 0. The number of pyridine rings is 1. The summed E-state index contributed by atoms with van der Waals surface area (Å²) in [5, 5.41) is 11.1. The lowest BCUT2D eigenvalue weighted by molar-refractivity contribution is -0.386. The maximum Gasteiger partial charge on any atom is 0.328 e. The van der Waals surface area contributed by atoms with Crippen molar-refractivity contribution in [2.24, 2.45) is 0 Å². The van der Waals surface area contributed by atoms with E-state index >= 15 is 0 Å². The van der Waals surface area contributed by atoms with Crippen LogP contribution in [0.2, 0.25) is 0 Å². The molecule has 0 N–H and O–H groups in total. The summed E-state index contributed by atoms with van der Waals surface area (Å²) >= 11 is 0. The molecule has 7 nitrogen and oxygen atoms in total. The Morgan fingerprint density at radius 2 is 1.95 bits per heavy atom. The van der Waals surface area contributed by atoms with Gasteiger partial charge in [0.15, 0.2) is 0 Å². The number of hydrogen-bond acceptors (Lipinski definition) is 4. The van der Waals surface area contributed by atoms with Gasteiger partial charge in [-0.25, -0.2) is 4.79 Å². The van der Waals surface area contributed by atoms with Crippen molar-refractivity contribution >= 4 is 5.69 Å². The number of hydrogen-bond donors (Lipinski definition) is 0. The molecule has 2 aromatic rings. The van der Waals surface area contributed by atoms with Gasteiger partial charge in [0, 0.05) is 30.7 Å². The Kier molecular flexibility index (Phi) is 4.21. The van der Waals surface area contributed by atoms with Crippen molar-refractivity contribution in [2.45, 2.75) is 40.3 Å². The lowest BCUT2D eigenvalue weighted by Crippen LogP contribution is -2.25. The van der Waals surface area contributed by atoms with Crippen LogP contribution in [0.1, 0.15) is 30.2 Å². The monoisotopic (exact) mass is 290 g/mol. The minimum absolute atomic E-state index is 0.0704. The van der Waals surface area contributed by atoms with Crippen LogP contribution in [-0.4, -0.2) is 19.0 Å². The molecule has 0 spiro atoms. The molecule has 2 aromatic heterocycles. The maximum atomic E-state index is 12.1. The van der Waals surface area contributed by atoms with Crippen LogP contribution in [0.3, 0.4) is 0 Å². The van der Waals surface area contributed by atoms with Gasteiger partial charge in [0.25, 0.3) is 5.69 Å². The van der Waals surface area contributed by atoms with Gasteiger partial charge in [-0.1, -0.05) is 6.92 Å². The van der Waals surface area contributed by atoms with Gasteiger partial charge in [-0.3, -0.25) is 24.2 Å². The zero-order valence-electron chi connectivity index (χ0n) is 12.4. The quantitative estimate of drug-likeness (QED) is 0.623. The number of imidazole rings is 1. The van der Waals surface area contributed by atoms with Crippen molar-refractivity contribution in [2.75, 3.05) is 0 Å². The van der Waals surface area contributed by atoms with Crippen LogP contribution in [0.5, 0.6) is 0 Å². The van der Waals surface area contributed by atoms with Crippen LogP contribution in [0.4, 0.5) is 5.69 Å². The third-order valence-electron chi connectivity index (χ3n) is 3.46. The van der Waals surface area contributed by atoms with Crippen molar-refractivity contribution < 1.29 is 4.92 Å². The average molecular weight is 290 g/mol. The van der Waals surface area contributed by atoms with Gasteiger partial charge < -0.3 is 0 Å². The zero-order chi connectivity index (χ0) is 15.6. The molecule has 0 saturated heterocycles. The van der Waals surface area contributed by atoms with Gasteiger partial charge in [0.05, 0.1) is 22.7 Å². The number of nitro groups is 1. The summed E-state index contributed by atoms with van der Waals surface area (Å²) in [6, 6.07) is 0. The maximum absolute atomic E-state index is 12.1. The highest BCUT2D eigenvalue weighted by atomic mass is 16.6. The minimum atomic E-state index is -0.402. The topological polar surface area (TPSA) is 83.0 Å². The fourth-order valence-electron chi connectivity index (χ4n) is 2.35. The van der Waals surface area contributed by atoms with Gasteiger partial charge in [0.2, 0.25) is 0 Å². The third-order valence-corrected chi connectivity index (χ3v) is 3.46. The van der Waals surface area contributed by atoms with Crippen LogP contribution in [0.25, 0.3) is 0 Å². The highest BCUT2D eigenvalue weighted by molar-refractivity contribution is 5.47. The first-order valence-electron chi connectivity index (χ1n) is 6.80. The largest absolute Gasteiger partial charge is 0.328 e. The number of rotatable bonds is 5. The van der Waals surface area contributed by atoms with Crippen LogP contribution in [-0.2, 0) is 13.1 Å². The Balaban J connectivity index is 2.39. The Hall–Kier alpha value is -2.44. The first kappa shape index (κ1) is 15.0. The summed E-state index contributed by atoms with van der Waals surface area (Å²) in [4.78, 5) is 27.1. The van der Waals surface area contributed by atoms with E-state index in [1.54, 1.807) is 30.8 Å². The molecule has 0 amide bonds. The molecule has 0 bridgehead atoms. The first-order chi connectivity index (χ1) is 9.95. The van der Waals surface area contributed by atoms with Gasteiger partial charge in [-0.15, -0.1) is 0 Å². The summed E-state index contributed by atoms with van der Waals surface area (Å²) in [5.74, 6) is 0. The second kappa shape index (κ2) is 5.90. The van der Waals surface area contributed by atoms with Crippen LogP contribution >= 0.6 is 0 Å². The highest BCUT2D eigenvalue weighted by Crippen LogP contribution is 2.24. The molecule has 0 atom stereocenters. The molecular weight excluding hydrogens is 272 g/mol. The van der Waals surface area contributed by atoms with E-state index in [-0.39, 0.29) is 17.9 Å². The highest BCUT2D eigenvalue weighted by Gasteiger charge is 2.19. The number of aryl methyl sites for hydroxylation is 2. The Morgan fingerprint density at radius 3 is 2.57 bits per heavy atom. The summed E-state index contributed by atoms with van der Waals surface area (Å²) in [6.45, 7) is 6.22. The van der Waals surface area contributed by atoms with E-state index in [1.165, 1.54) is 10.8 Å². The summed E-state index contributed by atoms with van der Waals surface area (Å²) in [6.07, 6.45) is 5.76. The SMILES string of the molecule is CCCn1ccn(Cc2ncc(C)c([N+](=O)[O-])c2C)c1=O. The Labute approximate surface area is 122 Å². The number of nitrogens with zero attached hydrogens (tertiary/aromatic N) is 4. The van der Waals surface area contributed by atoms with Crippen molar-refractivity contribution in [1.29, 1.82) is 0 Å². The standard InChI is InChI=1S/C14H18N4O3/c1-4-5-16-6-7-17(14(16)19)9-12-11(3)13(18(20)21)10(2)8-15-12/h6-8H,4-5,9H2,1-3H3. The predicted octanol–water partition coefficient (Wildman–Crippen LogP) is 2.03. The normalized spacial score (nSPS) is 10.8. The molecule has 2 heterocycles. The van der Waals surface area contributed by atoms with Crippen molar-refractivity contribution in [3.63, 3.8) is 0 Å². The van der Waals surface area contributed by atoms with Crippen LogP contribution in [0, 0.1) is 24.0 Å². The van der Waals surface area contributed by atoms with Gasteiger partial charge >= 0.3 is 5.69 Å². The Morgan fingerprint density at radius 1 is 1.29 bits per heavy atom. The average Bonchev–Trinajstić information content (AvgIpc) is 2.75. The molecule has 0 fully saturated rings. The minimum Gasteiger partial charge on any atom is -0.299 e. The van der Waals surface area contributed by atoms with E-state index in [1.807, 2.05) is 6.92 Å². The van der Waals surface area contributed by atoms with Gasteiger partial charge in [-0.2, -0.15) is 0 Å². The van der Waals surface area contributed by atoms with Crippen LogP contribution in [0.15, 0.2) is 23.4 Å². The third kappa shape index (κ3) is 2.86. The lowest BCUT2D eigenvalue weighted by Gasteiger charge is -2.07. The molecule has 0 aromatic carbocycles. The summed E-state index contributed by atoms with van der Waals surface area (Å²) < 4.78 is 3.14. The van der Waals surface area contributed by atoms with E-state index in [4.69, 9.17) is 0 Å². The fraction of sp³-hybridized carbons (Fsp3) is 0.429. The lowest BCUT2D eigenvalue weighted by atomic mass is 10.1. The van der Waals surface area contributed by atoms with E-state index in [2.05, 4.69) is 4.98 Å². The molecule has 7 heteroatoms. The molecule has 21 heavy (non-hydrogen) atoms. The van der Waals surface area contributed by atoms with E-state index in [9.17, 15) is 14.9 Å². The zero-order valence-corrected chi connectivity index (χ0v) is 12.4. The van der Waals surface area contributed by atoms with Gasteiger partial charge in [0.1, 0.15) is 0 Å². The van der Waals surface area contributed by atoms with Crippen LogP contribution < -0.4 is 5.69 Å². The first-order valence-corrected chi connectivity index (χ1v) is 6.80. The van der Waals surface area contributed by atoms with Crippen molar-refractivity contribution in [1.82, 2.24) is 14.1 Å². The molecule has 0 aliphatic carbocycles. The molecule has 0 aliphatic heterocycles. The molecule has 112 valence electrons. The van der Waals surface area contributed by atoms with E-state index < -0.39 is 4.92 Å². The van der Waals surface area contributed by atoms with E-state index in [0.29, 0.717) is 23.4 Å². The molecule has 0 unspecified atom stereocenters. The number of aromatic nitrogens is 3. The van der Waals surface area contributed by atoms with Crippen molar-refractivity contribution in [3.8, 4) is 0 Å². The van der Waals surface area contributed by atoms with Gasteiger partial charge in [-0.05, 0) is 20.3 Å². The molecular formula is C14H18N4O3. The molecule has 2 rings (SSSR count). The second-order valence-electron chi connectivity index (χ2n) is 5.02. The smallest absolute Gasteiger partial charge is 0.299 e. The summed E-state index contributed by atoms with van der Waals surface area (Å²) in [5.41, 5.74) is 1.53. The predicted molar refractivity (Wildman–Crippen MR) is 78.5 cm³/mol. The fourth-order valence-corrected chi connectivity index (χ4v) is 2.35. The molecule has 0 saturated carbocycles.